The third kappa shape index (κ3) is 3.95. The van der Waals surface area contributed by atoms with Crippen LogP contribution >= 0.6 is 0 Å². The summed E-state index contributed by atoms with van der Waals surface area (Å²) in [4.78, 5) is 30.9. The summed E-state index contributed by atoms with van der Waals surface area (Å²) in [7, 11) is 0. The average molecular weight is 390 g/mol. The second-order valence-electron chi connectivity index (χ2n) is 7.73. The van der Waals surface area contributed by atoms with Gasteiger partial charge in [-0.2, -0.15) is 0 Å². The summed E-state index contributed by atoms with van der Waals surface area (Å²) in [5.41, 5.74) is 1.57. The van der Waals surface area contributed by atoms with Crippen LogP contribution in [0.15, 0.2) is 24.3 Å². The van der Waals surface area contributed by atoms with Gasteiger partial charge in [0.15, 0.2) is 0 Å². The summed E-state index contributed by atoms with van der Waals surface area (Å²) in [5, 5.41) is 3.63. The van der Waals surface area contributed by atoms with Crippen LogP contribution < -0.4 is 5.32 Å². The lowest BCUT2D eigenvalue weighted by molar-refractivity contribution is -0.132. The van der Waals surface area contributed by atoms with E-state index in [-0.39, 0.29) is 49.3 Å². The van der Waals surface area contributed by atoms with Crippen molar-refractivity contribution in [2.24, 2.45) is 0 Å². The van der Waals surface area contributed by atoms with Gasteiger partial charge in [0.1, 0.15) is 12.0 Å². The molecule has 2 aliphatic rings. The lowest BCUT2D eigenvalue weighted by Gasteiger charge is -2.40. The summed E-state index contributed by atoms with van der Waals surface area (Å²) in [6.45, 7) is 2.15. The molecule has 2 atom stereocenters. The highest BCUT2D eigenvalue weighted by Gasteiger charge is 2.41. The Balaban J connectivity index is 1.44. The lowest BCUT2D eigenvalue weighted by atomic mass is 10.0. The molecule has 2 N–H and O–H groups in total. The molecule has 1 saturated heterocycles. The molecule has 3 amide bonds. The number of carbonyl (C=O) groups excluding carboxylic acids is 2. The molecule has 1 aromatic carbocycles. The van der Waals surface area contributed by atoms with E-state index in [9.17, 15) is 18.4 Å². The van der Waals surface area contributed by atoms with Gasteiger partial charge in [0.25, 0.3) is 0 Å². The van der Waals surface area contributed by atoms with Crippen LogP contribution in [-0.2, 0) is 11.3 Å². The summed E-state index contributed by atoms with van der Waals surface area (Å²) >= 11 is 0. The van der Waals surface area contributed by atoms with Crippen LogP contribution in [0.5, 0.6) is 0 Å². The van der Waals surface area contributed by atoms with Gasteiger partial charge in [-0.05, 0) is 37.1 Å². The fraction of sp³-hybridized carbons (Fsp3) is 0.500. The second-order valence-corrected chi connectivity index (χ2v) is 7.73. The maximum atomic E-state index is 14.2. The maximum absolute atomic E-state index is 14.2. The minimum atomic E-state index is -1.12. The first kappa shape index (κ1) is 18.7. The largest absolute Gasteiger partial charge is 0.357 e. The van der Waals surface area contributed by atoms with Crippen LogP contribution in [0.3, 0.4) is 0 Å². The number of nitrogens with one attached hydrogen (secondary N) is 2. The number of halogens is 2. The van der Waals surface area contributed by atoms with Crippen LogP contribution in [-0.4, -0.2) is 58.1 Å². The molecule has 0 spiro atoms. The van der Waals surface area contributed by atoms with Gasteiger partial charge < -0.3 is 20.1 Å². The van der Waals surface area contributed by atoms with Crippen molar-refractivity contribution < 1.29 is 18.4 Å². The van der Waals surface area contributed by atoms with Crippen molar-refractivity contribution in [3.63, 3.8) is 0 Å². The minimum absolute atomic E-state index is 0.0948. The molecule has 2 unspecified atom stereocenters. The normalized spacial score (nSPS) is 22.3. The molecule has 2 aromatic rings. The molecule has 0 bridgehead atoms. The molecular formula is C20H24F2N4O2. The molecule has 8 heteroatoms. The number of hydrogen-bond acceptors (Lipinski definition) is 2. The minimum Gasteiger partial charge on any atom is -0.357 e. The fourth-order valence-electron chi connectivity index (χ4n) is 3.97. The highest BCUT2D eigenvalue weighted by molar-refractivity contribution is 5.81. The van der Waals surface area contributed by atoms with Crippen LogP contribution in [0.4, 0.5) is 13.6 Å². The zero-order valence-corrected chi connectivity index (χ0v) is 15.8. The first-order valence-corrected chi connectivity index (χ1v) is 9.63. The van der Waals surface area contributed by atoms with Gasteiger partial charge in [-0.15, -0.1) is 0 Å². The number of likely N-dealkylation sites (tertiary alicyclic amines) is 1. The number of aromatic amines is 1. The highest BCUT2D eigenvalue weighted by Crippen LogP contribution is 2.32. The maximum Gasteiger partial charge on any atom is 0.318 e. The van der Waals surface area contributed by atoms with Gasteiger partial charge in [-0.1, -0.05) is 0 Å². The van der Waals surface area contributed by atoms with Crippen molar-refractivity contribution in [3.05, 3.63) is 35.8 Å². The van der Waals surface area contributed by atoms with Crippen LogP contribution in [0.1, 0.15) is 31.9 Å². The van der Waals surface area contributed by atoms with E-state index in [1.54, 1.807) is 17.0 Å². The van der Waals surface area contributed by atoms with E-state index in [0.717, 1.165) is 29.4 Å². The van der Waals surface area contributed by atoms with Crippen molar-refractivity contribution >= 4 is 22.8 Å². The number of fused-ring (bicyclic) bond motifs is 1. The van der Waals surface area contributed by atoms with Crippen molar-refractivity contribution in [3.8, 4) is 0 Å². The van der Waals surface area contributed by atoms with E-state index in [2.05, 4.69) is 10.3 Å². The number of amides is 3. The Hall–Kier alpha value is -2.64. The quantitative estimate of drug-likeness (QED) is 0.843. The van der Waals surface area contributed by atoms with Gasteiger partial charge in [-0.3, -0.25) is 4.79 Å². The molecule has 2 fully saturated rings. The van der Waals surface area contributed by atoms with Gasteiger partial charge in [-0.25, -0.2) is 13.6 Å². The third-order valence-corrected chi connectivity index (χ3v) is 5.46. The molecule has 150 valence electrons. The van der Waals surface area contributed by atoms with E-state index in [0.29, 0.717) is 6.54 Å². The Labute approximate surface area is 161 Å². The highest BCUT2D eigenvalue weighted by atomic mass is 19.1. The Bertz CT molecular complexity index is 895. The van der Waals surface area contributed by atoms with E-state index in [1.165, 1.54) is 24.0 Å². The van der Waals surface area contributed by atoms with E-state index in [1.807, 2.05) is 0 Å². The summed E-state index contributed by atoms with van der Waals surface area (Å²) < 4.78 is 27.5. The number of alkyl halides is 1. The number of rotatable bonds is 4. The predicted molar refractivity (Wildman–Crippen MR) is 101 cm³/mol. The summed E-state index contributed by atoms with van der Waals surface area (Å²) in [6, 6.07) is 5.80. The second kappa shape index (κ2) is 7.41. The number of nitrogens with zero attached hydrogens (tertiary/aromatic N) is 2. The molecule has 0 radical (unpaired) electrons. The van der Waals surface area contributed by atoms with Crippen molar-refractivity contribution in [1.29, 1.82) is 0 Å². The molecule has 28 heavy (non-hydrogen) atoms. The third-order valence-electron chi connectivity index (χ3n) is 5.46. The first-order valence-electron chi connectivity index (χ1n) is 9.63. The van der Waals surface area contributed by atoms with Gasteiger partial charge >= 0.3 is 6.03 Å². The molecule has 1 saturated carbocycles. The van der Waals surface area contributed by atoms with Crippen LogP contribution in [0, 0.1) is 5.82 Å². The molecule has 2 heterocycles. The van der Waals surface area contributed by atoms with Crippen molar-refractivity contribution in [1.82, 2.24) is 20.1 Å². The number of urea groups is 1. The zero-order valence-electron chi connectivity index (χ0n) is 15.8. The van der Waals surface area contributed by atoms with Gasteiger partial charge in [0.2, 0.25) is 5.91 Å². The van der Waals surface area contributed by atoms with E-state index < -0.39 is 6.17 Å². The van der Waals surface area contributed by atoms with Gasteiger partial charge in [0.05, 0.1) is 19.1 Å². The topological polar surface area (TPSA) is 68.4 Å². The molecule has 1 aromatic heterocycles. The monoisotopic (exact) mass is 390 g/mol. The van der Waals surface area contributed by atoms with Gasteiger partial charge in [0, 0.05) is 42.5 Å². The molecular weight excluding hydrogens is 366 g/mol. The van der Waals surface area contributed by atoms with E-state index in [4.69, 9.17) is 0 Å². The number of piperidine rings is 1. The first-order chi connectivity index (χ1) is 13.4. The standard InChI is InChI=1S/C20H24F2N4O2/c1-12(27)25-10-15(22)8-18(11-25)26(17-3-4-17)20(28)23-9-16-7-13-6-14(21)2-5-19(13)24-16/h2,5-7,15,17-18,24H,3-4,8-11H2,1H3,(H,23,28). The number of aromatic nitrogens is 1. The zero-order chi connectivity index (χ0) is 19.8. The number of benzene rings is 1. The van der Waals surface area contributed by atoms with Crippen LogP contribution in [0.2, 0.25) is 0 Å². The van der Waals surface area contributed by atoms with E-state index >= 15 is 0 Å². The summed E-state index contributed by atoms with van der Waals surface area (Å²) in [6.07, 6.45) is 0.916. The number of H-pyrrole nitrogens is 1. The Morgan fingerprint density at radius 2 is 2.04 bits per heavy atom. The Morgan fingerprint density at radius 1 is 1.25 bits per heavy atom. The molecule has 1 aliphatic carbocycles. The van der Waals surface area contributed by atoms with Crippen molar-refractivity contribution in [2.75, 3.05) is 13.1 Å². The number of carbonyl (C=O) groups is 2. The van der Waals surface area contributed by atoms with Crippen molar-refractivity contribution in [2.45, 2.75) is 51.0 Å². The Morgan fingerprint density at radius 3 is 2.75 bits per heavy atom. The molecule has 4 rings (SSSR count). The average Bonchev–Trinajstić information content (AvgIpc) is 3.38. The smallest absolute Gasteiger partial charge is 0.318 e. The van der Waals surface area contributed by atoms with Crippen LogP contribution in [0.25, 0.3) is 10.9 Å². The lowest BCUT2D eigenvalue weighted by Crippen LogP contribution is -2.57. The molecule has 1 aliphatic heterocycles. The Kier molecular flexibility index (Phi) is 4.95. The molecule has 6 nitrogen and oxygen atoms in total. The number of hydrogen-bond donors (Lipinski definition) is 2. The fourth-order valence-corrected chi connectivity index (χ4v) is 3.97. The summed E-state index contributed by atoms with van der Waals surface area (Å²) in [5.74, 6) is -0.482. The predicted octanol–water partition coefficient (Wildman–Crippen LogP) is 2.94. The SMILES string of the molecule is CC(=O)N1CC(F)CC(N(C(=O)NCc2cc3cc(F)ccc3[nH]2)C2CC2)C1.